The molecule has 0 saturated carbocycles. The molecule has 0 aliphatic carbocycles. The van der Waals surface area contributed by atoms with Crippen LogP contribution < -0.4 is 10.6 Å². The third-order valence-corrected chi connectivity index (χ3v) is 3.41. The van der Waals surface area contributed by atoms with E-state index < -0.39 is 0 Å². The second-order valence-corrected chi connectivity index (χ2v) is 4.76. The molecule has 0 bridgehead atoms. The smallest absolute Gasteiger partial charge is 0.269 e. The predicted molar refractivity (Wildman–Crippen MR) is 59.3 cm³/mol. The molecule has 0 saturated heterocycles. The highest BCUT2D eigenvalue weighted by Crippen LogP contribution is 2.24. The summed E-state index contributed by atoms with van der Waals surface area (Å²) in [4.78, 5) is 11.8. The maximum absolute atomic E-state index is 11.8. The minimum atomic E-state index is 0.0169. The largest absolute Gasteiger partial charge is 0.349 e. The number of carbonyl (C=O) groups is 1. The molecule has 3 rings (SSSR count). The van der Waals surface area contributed by atoms with E-state index in [1.54, 1.807) is 0 Å². The van der Waals surface area contributed by atoms with Gasteiger partial charge in [0.15, 0.2) is 0 Å². The molecule has 16 heavy (non-hydrogen) atoms. The Labute approximate surface area is 94.2 Å². The van der Waals surface area contributed by atoms with Crippen LogP contribution in [-0.2, 0) is 13.0 Å². The highest BCUT2D eigenvalue weighted by atomic mass is 16.2. The SMILES string of the molecule is CC1Cc2nn3c(c2CN1)C(=O)NCC3C. The molecule has 2 aliphatic rings. The van der Waals surface area contributed by atoms with Gasteiger partial charge >= 0.3 is 0 Å². The lowest BCUT2D eigenvalue weighted by molar-refractivity contribution is 0.0911. The summed E-state index contributed by atoms with van der Waals surface area (Å²) in [6.45, 7) is 5.66. The summed E-state index contributed by atoms with van der Waals surface area (Å²) in [5.41, 5.74) is 2.93. The Kier molecular flexibility index (Phi) is 2.04. The molecule has 5 nitrogen and oxygen atoms in total. The maximum Gasteiger partial charge on any atom is 0.269 e. The number of carbonyl (C=O) groups excluding carboxylic acids is 1. The van der Waals surface area contributed by atoms with E-state index in [0.29, 0.717) is 12.6 Å². The topological polar surface area (TPSA) is 59.0 Å². The number of amides is 1. The molecule has 1 amide bonds. The lowest BCUT2D eigenvalue weighted by Crippen LogP contribution is -2.39. The van der Waals surface area contributed by atoms with Crippen molar-refractivity contribution in [3.8, 4) is 0 Å². The first-order valence-electron chi connectivity index (χ1n) is 5.78. The number of nitrogens with one attached hydrogen (secondary N) is 2. The molecule has 1 aromatic heterocycles. The van der Waals surface area contributed by atoms with Crippen LogP contribution in [0.2, 0.25) is 0 Å². The van der Waals surface area contributed by atoms with E-state index >= 15 is 0 Å². The van der Waals surface area contributed by atoms with Crippen LogP contribution in [0.4, 0.5) is 0 Å². The first kappa shape index (κ1) is 9.84. The Hall–Kier alpha value is -1.36. The van der Waals surface area contributed by atoms with E-state index in [1.807, 2.05) is 4.68 Å². The molecule has 3 heterocycles. The number of rotatable bonds is 0. The average molecular weight is 220 g/mol. The van der Waals surface area contributed by atoms with E-state index in [-0.39, 0.29) is 11.9 Å². The lowest BCUT2D eigenvalue weighted by Gasteiger charge is -2.23. The fourth-order valence-corrected chi connectivity index (χ4v) is 2.47. The van der Waals surface area contributed by atoms with Gasteiger partial charge in [-0.1, -0.05) is 0 Å². The fraction of sp³-hybridized carbons (Fsp3) is 0.636. The number of fused-ring (bicyclic) bond motifs is 3. The summed E-state index contributed by atoms with van der Waals surface area (Å²) >= 11 is 0. The van der Waals surface area contributed by atoms with E-state index in [1.165, 1.54) is 0 Å². The summed E-state index contributed by atoms with van der Waals surface area (Å²) in [5.74, 6) is 0.0169. The molecular weight excluding hydrogens is 204 g/mol. The standard InChI is InChI=1S/C11H16N4O/c1-6-3-9-8(5-12-6)10-11(16)13-4-7(2)15(10)14-9/h6-7,12H,3-5H2,1-2H3,(H,13,16). The van der Waals surface area contributed by atoms with Crippen LogP contribution in [0.25, 0.3) is 0 Å². The van der Waals surface area contributed by atoms with Gasteiger partial charge in [-0.15, -0.1) is 0 Å². The highest BCUT2D eigenvalue weighted by Gasteiger charge is 2.31. The fourth-order valence-electron chi connectivity index (χ4n) is 2.47. The normalized spacial score (nSPS) is 28.2. The van der Waals surface area contributed by atoms with Gasteiger partial charge in [0.25, 0.3) is 5.91 Å². The van der Waals surface area contributed by atoms with Crippen LogP contribution in [0.15, 0.2) is 0 Å². The van der Waals surface area contributed by atoms with Gasteiger partial charge in [-0.25, -0.2) is 0 Å². The molecule has 2 aliphatic heterocycles. The molecule has 86 valence electrons. The molecular formula is C11H16N4O. The van der Waals surface area contributed by atoms with Crippen LogP contribution in [0.3, 0.4) is 0 Å². The summed E-state index contributed by atoms with van der Waals surface area (Å²) in [7, 11) is 0. The first-order valence-corrected chi connectivity index (χ1v) is 5.78. The van der Waals surface area contributed by atoms with Gasteiger partial charge in [0, 0.05) is 31.1 Å². The molecule has 0 fully saturated rings. The van der Waals surface area contributed by atoms with Gasteiger partial charge in [0.2, 0.25) is 0 Å². The molecule has 2 unspecified atom stereocenters. The summed E-state index contributed by atoms with van der Waals surface area (Å²) in [6, 6.07) is 0.705. The minimum absolute atomic E-state index is 0.0169. The zero-order valence-electron chi connectivity index (χ0n) is 9.58. The van der Waals surface area contributed by atoms with E-state index in [9.17, 15) is 4.79 Å². The Morgan fingerprint density at radius 1 is 1.44 bits per heavy atom. The van der Waals surface area contributed by atoms with Crippen LogP contribution in [0.1, 0.15) is 41.6 Å². The van der Waals surface area contributed by atoms with Crippen LogP contribution in [0.5, 0.6) is 0 Å². The van der Waals surface area contributed by atoms with Gasteiger partial charge in [-0.3, -0.25) is 9.48 Å². The van der Waals surface area contributed by atoms with E-state index in [2.05, 4.69) is 29.6 Å². The van der Waals surface area contributed by atoms with Crippen molar-refractivity contribution in [3.05, 3.63) is 17.0 Å². The lowest BCUT2D eigenvalue weighted by atomic mass is 10.0. The molecule has 2 N–H and O–H groups in total. The second-order valence-electron chi connectivity index (χ2n) is 4.76. The minimum Gasteiger partial charge on any atom is -0.349 e. The van der Waals surface area contributed by atoms with Crippen molar-refractivity contribution >= 4 is 5.91 Å². The second kappa shape index (κ2) is 3.31. The monoisotopic (exact) mass is 220 g/mol. The predicted octanol–water partition coefficient (Wildman–Crippen LogP) is 0.222. The summed E-state index contributed by atoms with van der Waals surface area (Å²) < 4.78 is 1.89. The Morgan fingerprint density at radius 3 is 3.06 bits per heavy atom. The third-order valence-electron chi connectivity index (χ3n) is 3.41. The Morgan fingerprint density at radius 2 is 2.25 bits per heavy atom. The van der Waals surface area contributed by atoms with Crippen molar-refractivity contribution in [3.63, 3.8) is 0 Å². The van der Waals surface area contributed by atoms with E-state index in [4.69, 9.17) is 0 Å². The van der Waals surface area contributed by atoms with Crippen molar-refractivity contribution in [2.75, 3.05) is 6.54 Å². The van der Waals surface area contributed by atoms with Gasteiger partial charge in [-0.05, 0) is 13.8 Å². The van der Waals surface area contributed by atoms with Crippen LogP contribution in [-0.4, -0.2) is 28.3 Å². The summed E-state index contributed by atoms with van der Waals surface area (Å²) in [5, 5.41) is 10.9. The van der Waals surface area contributed by atoms with Crippen molar-refractivity contribution < 1.29 is 4.79 Å². The molecule has 0 spiro atoms. The Balaban J connectivity index is 2.13. The van der Waals surface area contributed by atoms with Crippen molar-refractivity contribution in [2.24, 2.45) is 0 Å². The molecule has 2 atom stereocenters. The number of nitrogens with zero attached hydrogens (tertiary/aromatic N) is 2. The maximum atomic E-state index is 11.8. The summed E-state index contributed by atoms with van der Waals surface area (Å²) in [6.07, 6.45) is 0.912. The van der Waals surface area contributed by atoms with Crippen molar-refractivity contribution in [1.29, 1.82) is 0 Å². The van der Waals surface area contributed by atoms with Gasteiger partial charge in [0.1, 0.15) is 5.69 Å². The van der Waals surface area contributed by atoms with Crippen molar-refractivity contribution in [1.82, 2.24) is 20.4 Å². The number of aromatic nitrogens is 2. The Bertz CT molecular complexity index is 451. The third kappa shape index (κ3) is 1.28. The quantitative estimate of drug-likeness (QED) is 0.657. The zero-order valence-corrected chi connectivity index (χ0v) is 9.58. The molecule has 0 aromatic carbocycles. The molecule has 0 radical (unpaired) electrons. The average Bonchev–Trinajstić information content (AvgIpc) is 2.63. The number of hydrogen-bond donors (Lipinski definition) is 2. The highest BCUT2D eigenvalue weighted by molar-refractivity contribution is 5.95. The van der Waals surface area contributed by atoms with Crippen LogP contribution in [0, 0.1) is 0 Å². The molecule has 5 heteroatoms. The zero-order chi connectivity index (χ0) is 11.3. The number of hydrogen-bond acceptors (Lipinski definition) is 3. The van der Waals surface area contributed by atoms with Gasteiger partial charge in [0.05, 0.1) is 11.7 Å². The van der Waals surface area contributed by atoms with Crippen LogP contribution >= 0.6 is 0 Å². The first-order chi connectivity index (χ1) is 7.66. The molecule has 1 aromatic rings. The van der Waals surface area contributed by atoms with E-state index in [0.717, 1.165) is 29.9 Å². The van der Waals surface area contributed by atoms with Gasteiger partial charge < -0.3 is 10.6 Å². The van der Waals surface area contributed by atoms with Gasteiger partial charge in [-0.2, -0.15) is 5.10 Å². The van der Waals surface area contributed by atoms with Crippen molar-refractivity contribution in [2.45, 2.75) is 38.9 Å².